The predicted octanol–water partition coefficient (Wildman–Crippen LogP) is 4.61. The van der Waals surface area contributed by atoms with Crippen molar-refractivity contribution in [2.24, 2.45) is 4.99 Å². The molecule has 3 rings (SSSR count). The van der Waals surface area contributed by atoms with Crippen LogP contribution >= 0.6 is 11.8 Å². The quantitative estimate of drug-likeness (QED) is 0.439. The zero-order valence-corrected chi connectivity index (χ0v) is 15.0. The molecule has 1 saturated heterocycles. The summed E-state index contributed by atoms with van der Waals surface area (Å²) in [6, 6.07) is 15.7. The van der Waals surface area contributed by atoms with Crippen LogP contribution in [0.5, 0.6) is 0 Å². The number of nitrogens with zero attached hydrogens (tertiary/aromatic N) is 3. The van der Waals surface area contributed by atoms with Crippen molar-refractivity contribution < 1.29 is 9.72 Å². The third-order valence-electron chi connectivity index (χ3n) is 3.70. The molecule has 0 saturated carbocycles. The third-order valence-corrected chi connectivity index (χ3v) is 4.70. The Morgan fingerprint density at radius 1 is 1.19 bits per heavy atom. The van der Waals surface area contributed by atoms with E-state index in [1.807, 2.05) is 37.3 Å². The Hall–Kier alpha value is -2.93. The lowest BCUT2D eigenvalue weighted by molar-refractivity contribution is -0.384. The van der Waals surface area contributed by atoms with Crippen molar-refractivity contribution in [3.8, 4) is 0 Å². The normalized spacial score (nSPS) is 17.3. The second-order valence-corrected chi connectivity index (χ2v) is 6.66. The van der Waals surface area contributed by atoms with Gasteiger partial charge in [0.1, 0.15) is 0 Å². The number of benzene rings is 2. The molecule has 0 aromatic heterocycles. The minimum Gasteiger partial charge on any atom is -0.286 e. The summed E-state index contributed by atoms with van der Waals surface area (Å²) in [5.41, 5.74) is 1.39. The van der Waals surface area contributed by atoms with E-state index in [0.29, 0.717) is 22.2 Å². The van der Waals surface area contributed by atoms with Crippen molar-refractivity contribution in [1.29, 1.82) is 0 Å². The number of carbonyl (C=O) groups is 1. The van der Waals surface area contributed by atoms with Gasteiger partial charge in [-0.15, -0.1) is 0 Å². The van der Waals surface area contributed by atoms with Gasteiger partial charge < -0.3 is 0 Å². The van der Waals surface area contributed by atoms with Crippen LogP contribution < -0.4 is 0 Å². The molecule has 0 unspecified atom stereocenters. The van der Waals surface area contributed by atoms with Gasteiger partial charge in [0.2, 0.25) is 0 Å². The Labute approximate surface area is 155 Å². The molecule has 1 amide bonds. The van der Waals surface area contributed by atoms with Gasteiger partial charge in [-0.2, -0.15) is 0 Å². The highest BCUT2D eigenvalue weighted by Crippen LogP contribution is 2.34. The fourth-order valence-electron chi connectivity index (χ4n) is 2.50. The minimum atomic E-state index is -0.447. The van der Waals surface area contributed by atoms with Gasteiger partial charge in [-0.3, -0.25) is 19.8 Å². The van der Waals surface area contributed by atoms with Crippen LogP contribution in [0.3, 0.4) is 0 Å². The molecule has 7 heteroatoms. The summed E-state index contributed by atoms with van der Waals surface area (Å²) < 4.78 is 0. The first-order valence-corrected chi connectivity index (χ1v) is 8.99. The Bertz CT molecular complexity index is 894. The molecule has 1 fully saturated rings. The maximum atomic E-state index is 12.7. The smallest absolute Gasteiger partial charge is 0.270 e. The lowest BCUT2D eigenvalue weighted by Gasteiger charge is -2.13. The van der Waals surface area contributed by atoms with Gasteiger partial charge in [0.15, 0.2) is 5.17 Å². The van der Waals surface area contributed by atoms with Crippen LogP contribution in [0.4, 0.5) is 11.4 Å². The number of hydrogen-bond acceptors (Lipinski definition) is 5. The highest BCUT2D eigenvalue weighted by molar-refractivity contribution is 8.18. The van der Waals surface area contributed by atoms with Crippen molar-refractivity contribution in [2.75, 3.05) is 6.54 Å². The lowest BCUT2D eigenvalue weighted by atomic mass is 10.2. The molecule has 132 valence electrons. The summed E-state index contributed by atoms with van der Waals surface area (Å²) in [5.74, 6) is -0.127. The van der Waals surface area contributed by atoms with Crippen LogP contribution in [0.2, 0.25) is 0 Å². The summed E-state index contributed by atoms with van der Waals surface area (Å²) in [7, 11) is 0. The Balaban J connectivity index is 1.94. The van der Waals surface area contributed by atoms with Gasteiger partial charge in [-0.25, -0.2) is 4.99 Å². The van der Waals surface area contributed by atoms with Crippen LogP contribution in [0.25, 0.3) is 6.08 Å². The van der Waals surface area contributed by atoms with Gasteiger partial charge in [0, 0.05) is 18.7 Å². The van der Waals surface area contributed by atoms with E-state index in [1.165, 1.54) is 23.9 Å². The average Bonchev–Trinajstić information content (AvgIpc) is 2.92. The summed E-state index contributed by atoms with van der Waals surface area (Å²) in [4.78, 5) is 30.0. The number of carbonyl (C=O) groups excluding carboxylic acids is 1. The average molecular weight is 367 g/mol. The van der Waals surface area contributed by atoms with E-state index in [-0.39, 0.29) is 11.6 Å². The van der Waals surface area contributed by atoms with Gasteiger partial charge >= 0.3 is 0 Å². The molecule has 0 radical (unpaired) electrons. The number of hydrogen-bond donors (Lipinski definition) is 0. The predicted molar refractivity (Wildman–Crippen MR) is 104 cm³/mol. The minimum absolute atomic E-state index is 0.00149. The Kier molecular flexibility index (Phi) is 5.48. The second kappa shape index (κ2) is 7.97. The van der Waals surface area contributed by atoms with Crippen LogP contribution in [0, 0.1) is 10.1 Å². The zero-order valence-electron chi connectivity index (χ0n) is 14.2. The first kappa shape index (κ1) is 17.9. The molecule has 2 aromatic rings. The standard InChI is InChI=1S/C19H17N3O3S/c1-2-11-21-18(23)17(13-14-7-6-10-16(12-14)22(24)25)26-19(21)20-15-8-4-3-5-9-15/h3-10,12-13H,2,11H2,1H3/b17-13+,20-19?. The van der Waals surface area contributed by atoms with Gasteiger partial charge in [-0.1, -0.05) is 37.3 Å². The molecule has 0 atom stereocenters. The highest BCUT2D eigenvalue weighted by atomic mass is 32.2. The van der Waals surface area contributed by atoms with E-state index in [9.17, 15) is 14.9 Å². The van der Waals surface area contributed by atoms with E-state index in [2.05, 4.69) is 4.99 Å². The fourth-order valence-corrected chi connectivity index (χ4v) is 3.53. The SMILES string of the molecule is CCCN1C(=O)/C(=C\c2cccc([N+](=O)[O-])c2)SC1=Nc1ccccc1. The van der Waals surface area contributed by atoms with Crippen molar-refractivity contribution in [2.45, 2.75) is 13.3 Å². The summed E-state index contributed by atoms with van der Waals surface area (Å²) in [6.07, 6.45) is 2.49. The zero-order chi connectivity index (χ0) is 18.5. The van der Waals surface area contributed by atoms with Crippen molar-refractivity contribution in [1.82, 2.24) is 4.90 Å². The molecule has 0 bridgehead atoms. The van der Waals surface area contributed by atoms with Crippen molar-refractivity contribution in [3.05, 3.63) is 75.2 Å². The monoisotopic (exact) mass is 367 g/mol. The second-order valence-electron chi connectivity index (χ2n) is 5.65. The third kappa shape index (κ3) is 4.00. The maximum absolute atomic E-state index is 12.7. The van der Waals surface area contributed by atoms with Gasteiger partial charge in [0.25, 0.3) is 11.6 Å². The van der Waals surface area contributed by atoms with E-state index < -0.39 is 4.92 Å². The van der Waals surface area contributed by atoms with Crippen LogP contribution in [0.15, 0.2) is 64.5 Å². The lowest BCUT2D eigenvalue weighted by Crippen LogP contribution is -2.29. The summed E-state index contributed by atoms with van der Waals surface area (Å²) in [5, 5.41) is 11.6. The number of nitro groups is 1. The molecular formula is C19H17N3O3S. The molecule has 0 N–H and O–H groups in total. The number of amidine groups is 1. The summed E-state index contributed by atoms with van der Waals surface area (Å²) in [6.45, 7) is 2.57. The van der Waals surface area contributed by atoms with Crippen LogP contribution in [0.1, 0.15) is 18.9 Å². The molecule has 6 nitrogen and oxygen atoms in total. The number of rotatable bonds is 5. The molecular weight excluding hydrogens is 350 g/mol. The molecule has 1 aliphatic rings. The van der Waals surface area contributed by atoms with Crippen molar-refractivity contribution >= 4 is 40.3 Å². The molecule has 0 aliphatic carbocycles. The molecule has 0 spiro atoms. The van der Waals surface area contributed by atoms with E-state index in [0.717, 1.165) is 12.1 Å². The molecule has 26 heavy (non-hydrogen) atoms. The molecule has 1 heterocycles. The van der Waals surface area contributed by atoms with E-state index in [4.69, 9.17) is 0 Å². The van der Waals surface area contributed by atoms with Gasteiger partial charge in [0.05, 0.1) is 15.5 Å². The van der Waals surface area contributed by atoms with Crippen molar-refractivity contribution in [3.63, 3.8) is 0 Å². The van der Waals surface area contributed by atoms with E-state index >= 15 is 0 Å². The largest absolute Gasteiger partial charge is 0.286 e. The van der Waals surface area contributed by atoms with Gasteiger partial charge in [-0.05, 0) is 42.0 Å². The van der Waals surface area contributed by atoms with E-state index in [1.54, 1.807) is 23.1 Å². The number of para-hydroxylation sites is 1. The highest BCUT2D eigenvalue weighted by Gasteiger charge is 2.32. The Morgan fingerprint density at radius 2 is 1.96 bits per heavy atom. The number of amides is 1. The number of non-ortho nitro benzene ring substituents is 1. The molecule has 2 aromatic carbocycles. The fraction of sp³-hybridized carbons (Fsp3) is 0.158. The first-order valence-electron chi connectivity index (χ1n) is 8.18. The van der Waals surface area contributed by atoms with Crippen LogP contribution in [-0.2, 0) is 4.79 Å². The van der Waals surface area contributed by atoms with Crippen LogP contribution in [-0.4, -0.2) is 27.4 Å². The Morgan fingerprint density at radius 3 is 2.65 bits per heavy atom. The topological polar surface area (TPSA) is 75.8 Å². The summed E-state index contributed by atoms with van der Waals surface area (Å²) >= 11 is 1.29. The first-order chi connectivity index (χ1) is 12.6. The maximum Gasteiger partial charge on any atom is 0.270 e. The number of nitro benzene ring substituents is 1. The molecule has 1 aliphatic heterocycles. The number of aliphatic imine (C=N–C) groups is 1. The number of thioether (sulfide) groups is 1.